The Hall–Kier alpha value is -2.38. The van der Waals surface area contributed by atoms with Crippen molar-refractivity contribution in [1.82, 2.24) is 25.5 Å². The minimum absolute atomic E-state index is 0.160. The summed E-state index contributed by atoms with van der Waals surface area (Å²) >= 11 is 0. The SMILES string of the molecule is CN=C(NC)NCCC(=O)N1CCN(c2ncccn2)CC1. The molecule has 2 N–H and O–H groups in total. The van der Waals surface area contributed by atoms with Crippen molar-refractivity contribution in [3.63, 3.8) is 0 Å². The summed E-state index contributed by atoms with van der Waals surface area (Å²) in [6.45, 7) is 3.52. The second-order valence-corrected chi connectivity index (χ2v) is 4.92. The van der Waals surface area contributed by atoms with Gasteiger partial charge in [-0.3, -0.25) is 9.79 Å². The Balaban J connectivity index is 1.73. The van der Waals surface area contributed by atoms with E-state index >= 15 is 0 Å². The molecule has 1 fully saturated rings. The van der Waals surface area contributed by atoms with Gasteiger partial charge in [-0.05, 0) is 6.07 Å². The van der Waals surface area contributed by atoms with Crippen molar-refractivity contribution in [2.75, 3.05) is 51.7 Å². The van der Waals surface area contributed by atoms with E-state index in [1.165, 1.54) is 0 Å². The summed E-state index contributed by atoms with van der Waals surface area (Å²) in [6, 6.07) is 1.80. The van der Waals surface area contributed by atoms with Crippen LogP contribution in [-0.4, -0.2) is 73.6 Å². The summed E-state index contributed by atoms with van der Waals surface area (Å²) in [7, 11) is 3.49. The van der Waals surface area contributed by atoms with Crippen molar-refractivity contribution in [2.24, 2.45) is 4.99 Å². The number of guanidine groups is 1. The molecule has 22 heavy (non-hydrogen) atoms. The molecule has 1 aromatic heterocycles. The van der Waals surface area contributed by atoms with Crippen LogP contribution in [-0.2, 0) is 4.79 Å². The predicted molar refractivity (Wildman–Crippen MR) is 85.9 cm³/mol. The fourth-order valence-electron chi connectivity index (χ4n) is 2.34. The quantitative estimate of drug-likeness (QED) is 0.566. The number of carbonyl (C=O) groups is 1. The van der Waals surface area contributed by atoms with Gasteiger partial charge in [0.15, 0.2) is 5.96 Å². The van der Waals surface area contributed by atoms with Crippen LogP contribution < -0.4 is 15.5 Å². The summed E-state index contributed by atoms with van der Waals surface area (Å²) in [6.07, 6.45) is 3.93. The Bertz CT molecular complexity index is 497. The summed E-state index contributed by atoms with van der Waals surface area (Å²) < 4.78 is 0. The predicted octanol–water partition coefficient (Wildman–Crippen LogP) is -0.690. The summed E-state index contributed by atoms with van der Waals surface area (Å²) in [5.74, 6) is 1.58. The number of nitrogens with zero attached hydrogens (tertiary/aromatic N) is 5. The van der Waals surface area contributed by atoms with Gasteiger partial charge in [-0.2, -0.15) is 0 Å². The fraction of sp³-hybridized carbons (Fsp3) is 0.571. The first-order valence-electron chi connectivity index (χ1n) is 7.42. The van der Waals surface area contributed by atoms with Gasteiger partial charge in [-0.15, -0.1) is 0 Å². The number of aromatic nitrogens is 2. The van der Waals surface area contributed by atoms with E-state index in [2.05, 4.69) is 30.5 Å². The number of aliphatic imine (C=N–C) groups is 1. The van der Waals surface area contributed by atoms with E-state index < -0.39 is 0 Å². The van der Waals surface area contributed by atoms with E-state index in [0.29, 0.717) is 32.0 Å². The maximum atomic E-state index is 12.2. The van der Waals surface area contributed by atoms with Gasteiger partial charge in [0.1, 0.15) is 0 Å². The molecule has 0 bridgehead atoms. The van der Waals surface area contributed by atoms with Gasteiger partial charge in [0, 0.05) is 65.6 Å². The third-order valence-corrected chi connectivity index (χ3v) is 3.56. The maximum absolute atomic E-state index is 12.2. The number of carbonyl (C=O) groups excluding carboxylic acids is 1. The Labute approximate surface area is 130 Å². The maximum Gasteiger partial charge on any atom is 0.225 e. The lowest BCUT2D eigenvalue weighted by Gasteiger charge is -2.34. The molecule has 2 heterocycles. The lowest BCUT2D eigenvalue weighted by Crippen LogP contribution is -2.49. The molecule has 120 valence electrons. The number of amides is 1. The summed E-state index contributed by atoms with van der Waals surface area (Å²) in [5.41, 5.74) is 0. The van der Waals surface area contributed by atoms with Crippen LogP contribution in [0.4, 0.5) is 5.95 Å². The van der Waals surface area contributed by atoms with Gasteiger partial charge in [0.25, 0.3) is 0 Å². The van der Waals surface area contributed by atoms with Crippen LogP contribution in [0.15, 0.2) is 23.5 Å². The molecule has 0 aliphatic carbocycles. The van der Waals surface area contributed by atoms with Crippen LogP contribution >= 0.6 is 0 Å². The zero-order valence-electron chi connectivity index (χ0n) is 13.1. The van der Waals surface area contributed by atoms with Crippen LogP contribution in [0.3, 0.4) is 0 Å². The molecule has 1 aromatic rings. The molecule has 0 saturated carbocycles. The van der Waals surface area contributed by atoms with Crippen molar-refractivity contribution < 1.29 is 4.79 Å². The molecule has 0 spiro atoms. The molecule has 8 heteroatoms. The van der Waals surface area contributed by atoms with E-state index in [-0.39, 0.29) is 5.91 Å². The number of hydrogen-bond donors (Lipinski definition) is 2. The lowest BCUT2D eigenvalue weighted by atomic mass is 10.3. The van der Waals surface area contributed by atoms with Gasteiger partial charge >= 0.3 is 0 Å². The standard InChI is InChI=1S/C14H23N7O/c1-15-13(16-2)17-7-4-12(22)20-8-10-21(11-9-20)14-18-5-3-6-19-14/h3,5-6H,4,7-11H2,1-2H3,(H2,15,16,17). The van der Waals surface area contributed by atoms with Crippen LogP contribution in [0.1, 0.15) is 6.42 Å². The molecule has 0 atom stereocenters. The van der Waals surface area contributed by atoms with Crippen LogP contribution in [0.5, 0.6) is 0 Å². The second-order valence-electron chi connectivity index (χ2n) is 4.92. The molecule has 8 nitrogen and oxygen atoms in total. The first-order valence-corrected chi connectivity index (χ1v) is 7.42. The molecular weight excluding hydrogens is 282 g/mol. The van der Waals surface area contributed by atoms with Gasteiger partial charge < -0.3 is 20.4 Å². The van der Waals surface area contributed by atoms with Crippen molar-refractivity contribution in [3.8, 4) is 0 Å². The molecule has 2 rings (SSSR count). The van der Waals surface area contributed by atoms with E-state index in [9.17, 15) is 4.79 Å². The highest BCUT2D eigenvalue weighted by Gasteiger charge is 2.21. The van der Waals surface area contributed by atoms with Crippen LogP contribution in [0, 0.1) is 0 Å². The van der Waals surface area contributed by atoms with Gasteiger partial charge in [0.2, 0.25) is 11.9 Å². The first-order chi connectivity index (χ1) is 10.7. The van der Waals surface area contributed by atoms with Crippen LogP contribution in [0.25, 0.3) is 0 Å². The zero-order valence-corrected chi connectivity index (χ0v) is 13.1. The summed E-state index contributed by atoms with van der Waals surface area (Å²) in [5, 5.41) is 6.01. The van der Waals surface area contributed by atoms with Gasteiger partial charge in [-0.1, -0.05) is 0 Å². The monoisotopic (exact) mass is 305 g/mol. The highest BCUT2D eigenvalue weighted by atomic mass is 16.2. The van der Waals surface area contributed by atoms with Crippen molar-refractivity contribution >= 4 is 17.8 Å². The number of rotatable bonds is 4. The highest BCUT2D eigenvalue weighted by molar-refractivity contribution is 5.81. The Kier molecular flexibility index (Phi) is 5.93. The zero-order chi connectivity index (χ0) is 15.8. The molecule has 0 radical (unpaired) electrons. The number of piperazine rings is 1. The van der Waals surface area contributed by atoms with Gasteiger partial charge in [0.05, 0.1) is 0 Å². The molecule has 1 aliphatic heterocycles. The van der Waals surface area contributed by atoms with Crippen molar-refractivity contribution in [2.45, 2.75) is 6.42 Å². The largest absolute Gasteiger partial charge is 0.359 e. The second kappa shape index (κ2) is 8.16. The topological polar surface area (TPSA) is 85.8 Å². The third kappa shape index (κ3) is 4.31. The van der Waals surface area contributed by atoms with Crippen LogP contribution in [0.2, 0.25) is 0 Å². The van der Waals surface area contributed by atoms with Crippen molar-refractivity contribution in [1.29, 1.82) is 0 Å². The molecule has 0 aromatic carbocycles. The Morgan fingerprint density at radius 2 is 1.95 bits per heavy atom. The normalized spacial score (nSPS) is 15.6. The number of anilines is 1. The number of hydrogen-bond acceptors (Lipinski definition) is 5. The minimum atomic E-state index is 0.160. The van der Waals surface area contributed by atoms with E-state index in [0.717, 1.165) is 19.0 Å². The smallest absolute Gasteiger partial charge is 0.225 e. The third-order valence-electron chi connectivity index (χ3n) is 3.56. The average Bonchev–Trinajstić information content (AvgIpc) is 2.59. The molecular formula is C14H23N7O. The fourth-order valence-corrected chi connectivity index (χ4v) is 2.34. The molecule has 1 saturated heterocycles. The van der Waals surface area contributed by atoms with E-state index in [1.54, 1.807) is 32.6 Å². The molecule has 1 amide bonds. The van der Waals surface area contributed by atoms with E-state index in [1.807, 2.05) is 4.90 Å². The lowest BCUT2D eigenvalue weighted by molar-refractivity contribution is -0.131. The first kappa shape index (κ1) is 16.0. The summed E-state index contributed by atoms with van der Waals surface area (Å²) in [4.78, 5) is 28.7. The molecule has 1 aliphatic rings. The van der Waals surface area contributed by atoms with Crippen molar-refractivity contribution in [3.05, 3.63) is 18.5 Å². The minimum Gasteiger partial charge on any atom is -0.359 e. The Morgan fingerprint density at radius 3 is 2.55 bits per heavy atom. The molecule has 0 unspecified atom stereocenters. The average molecular weight is 305 g/mol. The number of nitrogens with one attached hydrogen (secondary N) is 2. The van der Waals surface area contributed by atoms with Gasteiger partial charge in [-0.25, -0.2) is 9.97 Å². The Morgan fingerprint density at radius 1 is 1.27 bits per heavy atom. The van der Waals surface area contributed by atoms with E-state index in [4.69, 9.17) is 0 Å². The highest BCUT2D eigenvalue weighted by Crippen LogP contribution is 2.10.